The predicted molar refractivity (Wildman–Crippen MR) is 126 cm³/mol. The fourth-order valence-electron chi connectivity index (χ4n) is 3.29. The van der Waals surface area contributed by atoms with Crippen LogP contribution in [0.25, 0.3) is 0 Å². The van der Waals surface area contributed by atoms with Crippen LogP contribution in [0.5, 0.6) is 0 Å². The molecule has 0 bridgehead atoms. The second-order valence-corrected chi connectivity index (χ2v) is 9.66. The van der Waals surface area contributed by atoms with Gasteiger partial charge in [0, 0.05) is 4.47 Å². The average molecular weight is 483 g/mol. The molecule has 2 atom stereocenters. The van der Waals surface area contributed by atoms with Crippen molar-refractivity contribution in [3.63, 3.8) is 0 Å². The molecule has 170 valence electrons. The molecular formula is C25H39BrO4. The van der Waals surface area contributed by atoms with E-state index in [4.69, 9.17) is 9.47 Å². The highest BCUT2D eigenvalue weighted by atomic mass is 79.9. The van der Waals surface area contributed by atoms with E-state index in [0.717, 1.165) is 48.6 Å². The molecule has 0 aliphatic carbocycles. The Labute approximate surface area is 191 Å². The Morgan fingerprint density at radius 2 is 1.23 bits per heavy atom. The lowest BCUT2D eigenvalue weighted by atomic mass is 10.00. The number of hydrogen-bond donors (Lipinski definition) is 0. The molecule has 0 radical (unpaired) electrons. The van der Waals surface area contributed by atoms with E-state index in [1.165, 1.54) is 0 Å². The lowest BCUT2D eigenvalue weighted by molar-refractivity contribution is 0.0107. The van der Waals surface area contributed by atoms with Crippen molar-refractivity contribution in [2.24, 2.45) is 11.8 Å². The van der Waals surface area contributed by atoms with E-state index >= 15 is 0 Å². The molecule has 0 spiro atoms. The Kier molecular flexibility index (Phi) is 11.7. The molecule has 0 fully saturated rings. The van der Waals surface area contributed by atoms with Crippen molar-refractivity contribution in [3.8, 4) is 0 Å². The van der Waals surface area contributed by atoms with Crippen LogP contribution in [0, 0.1) is 18.8 Å². The second kappa shape index (κ2) is 13.1. The third-order valence-electron chi connectivity index (χ3n) is 5.43. The van der Waals surface area contributed by atoms with E-state index in [-0.39, 0.29) is 35.2 Å². The molecule has 0 amide bonds. The Balaban J connectivity index is 3.16. The minimum atomic E-state index is -0.466. The van der Waals surface area contributed by atoms with Gasteiger partial charge in [-0.2, -0.15) is 0 Å². The first-order chi connectivity index (χ1) is 14.1. The van der Waals surface area contributed by atoms with Gasteiger partial charge in [-0.1, -0.05) is 83.2 Å². The third kappa shape index (κ3) is 8.05. The van der Waals surface area contributed by atoms with Crippen LogP contribution in [0.1, 0.15) is 106 Å². The summed E-state index contributed by atoms with van der Waals surface area (Å²) < 4.78 is 12.4. The maximum absolute atomic E-state index is 13.1. The third-order valence-corrected chi connectivity index (χ3v) is 6.28. The summed E-state index contributed by atoms with van der Waals surface area (Å²) >= 11 is 3.48. The lowest BCUT2D eigenvalue weighted by Crippen LogP contribution is -2.27. The van der Waals surface area contributed by atoms with Gasteiger partial charge < -0.3 is 9.47 Å². The minimum Gasteiger partial charge on any atom is -0.458 e. The van der Waals surface area contributed by atoms with Gasteiger partial charge in [-0.3, -0.25) is 0 Å². The van der Waals surface area contributed by atoms with Crippen molar-refractivity contribution in [2.45, 2.75) is 99.2 Å². The van der Waals surface area contributed by atoms with Crippen molar-refractivity contribution in [1.82, 2.24) is 0 Å². The molecule has 1 aromatic carbocycles. The van der Waals surface area contributed by atoms with Crippen LogP contribution in [-0.2, 0) is 9.47 Å². The molecule has 5 heteroatoms. The van der Waals surface area contributed by atoms with Gasteiger partial charge in [-0.15, -0.1) is 0 Å². The van der Waals surface area contributed by atoms with Gasteiger partial charge >= 0.3 is 11.9 Å². The van der Waals surface area contributed by atoms with Crippen LogP contribution in [-0.4, -0.2) is 24.1 Å². The Bertz CT molecular complexity index is 638. The molecule has 0 aliphatic heterocycles. The van der Waals surface area contributed by atoms with Crippen LogP contribution < -0.4 is 0 Å². The summed E-state index contributed by atoms with van der Waals surface area (Å²) in [6.45, 7) is 14.3. The first-order valence-electron chi connectivity index (χ1n) is 11.3. The number of hydrogen-bond acceptors (Lipinski definition) is 4. The lowest BCUT2D eigenvalue weighted by Gasteiger charge is -2.24. The molecule has 2 unspecified atom stereocenters. The number of ether oxygens (including phenoxy) is 2. The summed E-state index contributed by atoms with van der Waals surface area (Å²) in [7, 11) is 0. The Morgan fingerprint density at radius 1 is 0.833 bits per heavy atom. The maximum Gasteiger partial charge on any atom is 0.339 e. The zero-order valence-corrected chi connectivity index (χ0v) is 21.3. The number of aryl methyl sites for hydroxylation is 1. The highest BCUT2D eigenvalue weighted by Crippen LogP contribution is 2.26. The van der Waals surface area contributed by atoms with Gasteiger partial charge in [0.25, 0.3) is 0 Å². The standard InChI is InChI=1S/C25H39BrO4/c1-8-10-12-22(16(3)4)29-24(27)19-14-18(7)21(26)15-20(19)25(28)30-23(17(5)6)13-11-9-2/h14-17,22-23H,8-13H2,1-7H3. The normalized spacial score (nSPS) is 13.4. The van der Waals surface area contributed by atoms with Crippen LogP contribution >= 0.6 is 15.9 Å². The highest BCUT2D eigenvalue weighted by molar-refractivity contribution is 9.10. The number of rotatable bonds is 12. The largest absolute Gasteiger partial charge is 0.458 e. The van der Waals surface area contributed by atoms with Crippen molar-refractivity contribution in [1.29, 1.82) is 0 Å². The molecule has 0 aliphatic rings. The van der Waals surface area contributed by atoms with Crippen molar-refractivity contribution < 1.29 is 19.1 Å². The number of benzene rings is 1. The van der Waals surface area contributed by atoms with E-state index in [0.29, 0.717) is 0 Å². The summed E-state index contributed by atoms with van der Waals surface area (Å²) in [4.78, 5) is 26.1. The summed E-state index contributed by atoms with van der Waals surface area (Å²) in [5.74, 6) is -0.495. The molecular weight excluding hydrogens is 444 g/mol. The fourth-order valence-corrected chi connectivity index (χ4v) is 3.63. The van der Waals surface area contributed by atoms with Crippen LogP contribution in [0.2, 0.25) is 0 Å². The molecule has 0 heterocycles. The predicted octanol–water partition coefficient (Wildman–Crippen LogP) is 7.50. The van der Waals surface area contributed by atoms with E-state index in [1.54, 1.807) is 12.1 Å². The van der Waals surface area contributed by atoms with Crippen LogP contribution in [0.15, 0.2) is 16.6 Å². The van der Waals surface area contributed by atoms with Crippen LogP contribution in [0.3, 0.4) is 0 Å². The van der Waals surface area contributed by atoms with Gasteiger partial charge in [-0.25, -0.2) is 9.59 Å². The number of halogens is 1. The van der Waals surface area contributed by atoms with Crippen molar-refractivity contribution in [2.75, 3.05) is 0 Å². The summed E-state index contributed by atoms with van der Waals surface area (Å²) in [6.07, 6.45) is 5.38. The average Bonchev–Trinajstić information content (AvgIpc) is 2.69. The summed E-state index contributed by atoms with van der Waals surface area (Å²) in [5.41, 5.74) is 1.41. The SMILES string of the molecule is CCCCC(OC(=O)c1cc(C)c(Br)cc1C(=O)OC(CCCC)C(C)C)C(C)C. The molecule has 30 heavy (non-hydrogen) atoms. The fraction of sp³-hybridized carbons (Fsp3) is 0.680. The number of carbonyl (C=O) groups is 2. The van der Waals surface area contributed by atoms with E-state index in [2.05, 4.69) is 57.5 Å². The smallest absolute Gasteiger partial charge is 0.339 e. The topological polar surface area (TPSA) is 52.6 Å². The summed E-state index contributed by atoms with van der Waals surface area (Å²) in [5, 5.41) is 0. The van der Waals surface area contributed by atoms with E-state index < -0.39 is 11.9 Å². The van der Waals surface area contributed by atoms with Crippen molar-refractivity contribution >= 4 is 27.9 Å². The van der Waals surface area contributed by atoms with Gasteiger partial charge in [0.05, 0.1) is 11.1 Å². The van der Waals surface area contributed by atoms with Gasteiger partial charge in [0.2, 0.25) is 0 Å². The number of unbranched alkanes of at least 4 members (excludes halogenated alkanes) is 2. The van der Waals surface area contributed by atoms with Crippen LogP contribution in [0.4, 0.5) is 0 Å². The molecule has 0 saturated carbocycles. The number of esters is 2. The quantitative estimate of drug-likeness (QED) is 0.289. The van der Waals surface area contributed by atoms with E-state index in [1.807, 2.05) is 6.92 Å². The summed E-state index contributed by atoms with van der Waals surface area (Å²) in [6, 6.07) is 3.40. The second-order valence-electron chi connectivity index (χ2n) is 8.81. The van der Waals surface area contributed by atoms with Gasteiger partial charge in [-0.05, 0) is 49.3 Å². The molecule has 4 nitrogen and oxygen atoms in total. The molecule has 0 saturated heterocycles. The Morgan fingerprint density at radius 3 is 1.60 bits per heavy atom. The maximum atomic E-state index is 13.1. The van der Waals surface area contributed by atoms with E-state index in [9.17, 15) is 9.59 Å². The zero-order valence-electron chi connectivity index (χ0n) is 19.7. The first-order valence-corrected chi connectivity index (χ1v) is 12.1. The molecule has 1 aromatic rings. The highest BCUT2D eigenvalue weighted by Gasteiger charge is 2.27. The van der Waals surface area contributed by atoms with Gasteiger partial charge in [0.1, 0.15) is 12.2 Å². The number of carbonyl (C=O) groups excluding carboxylic acids is 2. The molecule has 1 rings (SSSR count). The Hall–Kier alpha value is -1.36. The zero-order chi connectivity index (χ0) is 22.8. The van der Waals surface area contributed by atoms with Gasteiger partial charge in [0.15, 0.2) is 0 Å². The molecule has 0 aromatic heterocycles. The van der Waals surface area contributed by atoms with Crippen molar-refractivity contribution in [3.05, 3.63) is 33.3 Å². The minimum absolute atomic E-state index is 0.168. The first kappa shape index (κ1) is 26.7. The molecule has 0 N–H and O–H groups in total. The monoisotopic (exact) mass is 482 g/mol.